The Hall–Kier alpha value is -1.63. The number of carbonyl (C=O) groups excluding carboxylic acids is 1. The molecule has 1 atom stereocenters. The summed E-state index contributed by atoms with van der Waals surface area (Å²) in [6.45, 7) is 2.02. The molecule has 1 aliphatic carbocycles. The van der Waals surface area contributed by atoms with Crippen molar-refractivity contribution in [2.24, 2.45) is 11.8 Å². The molecule has 0 heterocycles. The van der Waals surface area contributed by atoms with Gasteiger partial charge in [0.05, 0.1) is 0 Å². The van der Waals surface area contributed by atoms with Gasteiger partial charge in [0.15, 0.2) is 5.54 Å². The van der Waals surface area contributed by atoms with Gasteiger partial charge in [-0.3, -0.25) is 14.6 Å². The van der Waals surface area contributed by atoms with Crippen molar-refractivity contribution >= 4 is 17.8 Å². The predicted molar refractivity (Wildman–Crippen MR) is 89.0 cm³/mol. The molecule has 138 valence electrons. The molecule has 1 saturated carbocycles. The summed E-state index contributed by atoms with van der Waals surface area (Å²) >= 11 is 0. The van der Waals surface area contributed by atoms with Crippen LogP contribution < -0.4 is 5.84 Å². The van der Waals surface area contributed by atoms with Crippen molar-refractivity contribution in [3.8, 4) is 0 Å². The van der Waals surface area contributed by atoms with Crippen molar-refractivity contribution < 1.29 is 24.6 Å². The number of aliphatic carboxylic acids is 2. The number of carboxylic acids is 2. The number of carboxylic acid groups (broad SMARTS) is 2. The van der Waals surface area contributed by atoms with Crippen molar-refractivity contribution in [2.45, 2.75) is 83.1 Å². The monoisotopic (exact) mass is 342 g/mol. The first-order chi connectivity index (χ1) is 11.4. The van der Waals surface area contributed by atoms with E-state index in [0.717, 1.165) is 37.1 Å². The summed E-state index contributed by atoms with van der Waals surface area (Å²) < 4.78 is 0. The van der Waals surface area contributed by atoms with Gasteiger partial charge in [-0.25, -0.2) is 10.6 Å². The second-order valence-electron chi connectivity index (χ2n) is 6.68. The first-order valence-electron chi connectivity index (χ1n) is 8.89. The Bertz CT molecular complexity index is 448. The molecular formula is C17H30N2O5. The Kier molecular flexibility index (Phi) is 8.18. The Morgan fingerprint density at radius 1 is 1.08 bits per heavy atom. The molecule has 0 bridgehead atoms. The maximum absolute atomic E-state index is 12.4. The molecule has 0 spiro atoms. The lowest BCUT2D eigenvalue weighted by atomic mass is 9.71. The van der Waals surface area contributed by atoms with E-state index < -0.39 is 23.4 Å². The van der Waals surface area contributed by atoms with E-state index in [0.29, 0.717) is 19.3 Å². The molecule has 1 aliphatic rings. The fraction of sp³-hybridized carbons (Fsp3) is 0.824. The van der Waals surface area contributed by atoms with E-state index in [1.807, 2.05) is 6.92 Å². The predicted octanol–water partition coefficient (Wildman–Crippen LogP) is 2.54. The Balaban J connectivity index is 3.05. The van der Waals surface area contributed by atoms with E-state index >= 15 is 0 Å². The average molecular weight is 342 g/mol. The Labute approximate surface area is 143 Å². The van der Waals surface area contributed by atoms with E-state index in [1.54, 1.807) is 0 Å². The van der Waals surface area contributed by atoms with E-state index in [-0.39, 0.29) is 25.2 Å². The molecule has 0 aromatic rings. The minimum absolute atomic E-state index is 0.154. The molecule has 1 amide bonds. The SMILES string of the molecule is CCCCCC(=O)N(N)C(CCC(=O)O)(C(=O)O)C1CCCCC1. The molecule has 4 N–H and O–H groups in total. The molecule has 0 aliphatic heterocycles. The molecule has 0 saturated heterocycles. The van der Waals surface area contributed by atoms with E-state index in [2.05, 4.69) is 0 Å². The number of hydrogen-bond acceptors (Lipinski definition) is 4. The van der Waals surface area contributed by atoms with Crippen LogP contribution in [0, 0.1) is 5.92 Å². The molecule has 0 aromatic heterocycles. The molecule has 1 rings (SSSR count). The van der Waals surface area contributed by atoms with Crippen LogP contribution in [0.2, 0.25) is 0 Å². The summed E-state index contributed by atoms with van der Waals surface area (Å²) in [5.41, 5.74) is -1.62. The van der Waals surface area contributed by atoms with Crippen LogP contribution in [-0.2, 0) is 14.4 Å². The molecular weight excluding hydrogens is 312 g/mol. The zero-order valence-electron chi connectivity index (χ0n) is 14.5. The molecule has 0 radical (unpaired) electrons. The number of amides is 1. The van der Waals surface area contributed by atoms with E-state index in [9.17, 15) is 19.5 Å². The number of hydrogen-bond donors (Lipinski definition) is 3. The number of unbranched alkanes of at least 4 members (excludes halogenated alkanes) is 2. The molecule has 7 nitrogen and oxygen atoms in total. The number of nitrogens with zero attached hydrogens (tertiary/aromatic N) is 1. The van der Waals surface area contributed by atoms with E-state index in [4.69, 9.17) is 10.9 Å². The maximum Gasteiger partial charge on any atom is 0.331 e. The Morgan fingerprint density at radius 2 is 1.71 bits per heavy atom. The number of rotatable bonds is 10. The zero-order chi connectivity index (χ0) is 18.2. The van der Waals surface area contributed by atoms with Gasteiger partial charge in [-0.2, -0.15) is 0 Å². The van der Waals surface area contributed by atoms with Crippen molar-refractivity contribution in [1.29, 1.82) is 0 Å². The average Bonchev–Trinajstić information content (AvgIpc) is 2.55. The second kappa shape index (κ2) is 9.61. The van der Waals surface area contributed by atoms with Gasteiger partial charge in [-0.15, -0.1) is 0 Å². The summed E-state index contributed by atoms with van der Waals surface area (Å²) in [4.78, 5) is 35.6. The van der Waals surface area contributed by atoms with Crippen LogP contribution >= 0.6 is 0 Å². The zero-order valence-corrected chi connectivity index (χ0v) is 14.5. The fourth-order valence-electron chi connectivity index (χ4n) is 3.65. The molecule has 7 heteroatoms. The van der Waals surface area contributed by atoms with E-state index in [1.165, 1.54) is 0 Å². The summed E-state index contributed by atoms with van der Waals surface area (Å²) in [6.07, 6.45) is 6.29. The van der Waals surface area contributed by atoms with Crippen LogP contribution in [0.3, 0.4) is 0 Å². The van der Waals surface area contributed by atoms with Gasteiger partial charge in [0.2, 0.25) is 5.91 Å². The van der Waals surface area contributed by atoms with Crippen LogP contribution in [0.4, 0.5) is 0 Å². The number of nitrogens with two attached hydrogens (primary N) is 1. The standard InChI is InChI=1S/C17H30N2O5/c1-2-3-5-10-14(20)19(18)17(16(23)24,12-11-15(21)22)13-8-6-4-7-9-13/h13H,2-12,18H2,1H3,(H,21,22)(H,23,24). The first kappa shape index (κ1) is 20.4. The first-order valence-corrected chi connectivity index (χ1v) is 8.89. The van der Waals surface area contributed by atoms with Crippen molar-refractivity contribution in [3.05, 3.63) is 0 Å². The van der Waals surface area contributed by atoms with Crippen LogP contribution in [0.5, 0.6) is 0 Å². The normalized spacial score (nSPS) is 17.9. The van der Waals surface area contributed by atoms with Crippen molar-refractivity contribution in [3.63, 3.8) is 0 Å². The third kappa shape index (κ3) is 4.93. The lowest BCUT2D eigenvalue weighted by molar-refractivity contribution is -0.167. The Morgan fingerprint density at radius 3 is 2.21 bits per heavy atom. The largest absolute Gasteiger partial charge is 0.481 e. The van der Waals surface area contributed by atoms with Gasteiger partial charge in [-0.05, 0) is 31.6 Å². The highest BCUT2D eigenvalue weighted by Crippen LogP contribution is 2.39. The van der Waals surface area contributed by atoms with Crippen LogP contribution in [0.1, 0.15) is 77.6 Å². The minimum Gasteiger partial charge on any atom is -0.481 e. The molecule has 24 heavy (non-hydrogen) atoms. The van der Waals surface area contributed by atoms with Gasteiger partial charge in [0.25, 0.3) is 0 Å². The maximum atomic E-state index is 12.4. The summed E-state index contributed by atoms with van der Waals surface area (Å²) in [5.74, 6) is 3.02. The van der Waals surface area contributed by atoms with Gasteiger partial charge in [-0.1, -0.05) is 39.0 Å². The highest BCUT2D eigenvalue weighted by molar-refractivity contribution is 5.87. The number of hydrazine groups is 1. The van der Waals surface area contributed by atoms with Gasteiger partial charge in [0, 0.05) is 12.8 Å². The van der Waals surface area contributed by atoms with Gasteiger partial charge in [0.1, 0.15) is 0 Å². The summed E-state index contributed by atoms with van der Waals surface area (Å²) in [7, 11) is 0. The highest BCUT2D eigenvalue weighted by Gasteiger charge is 2.51. The number of carbonyl (C=O) groups is 3. The minimum atomic E-state index is -1.62. The van der Waals surface area contributed by atoms with Crippen LogP contribution in [-0.4, -0.2) is 38.6 Å². The van der Waals surface area contributed by atoms with Gasteiger partial charge >= 0.3 is 11.9 Å². The topological polar surface area (TPSA) is 121 Å². The van der Waals surface area contributed by atoms with Crippen molar-refractivity contribution in [1.82, 2.24) is 5.01 Å². The fourth-order valence-corrected chi connectivity index (χ4v) is 3.65. The second-order valence-corrected chi connectivity index (χ2v) is 6.68. The highest BCUT2D eigenvalue weighted by atomic mass is 16.4. The third-order valence-electron chi connectivity index (χ3n) is 5.06. The molecule has 0 aromatic carbocycles. The smallest absolute Gasteiger partial charge is 0.331 e. The third-order valence-corrected chi connectivity index (χ3v) is 5.06. The lowest BCUT2D eigenvalue weighted by Crippen LogP contribution is -2.64. The molecule has 1 fully saturated rings. The lowest BCUT2D eigenvalue weighted by Gasteiger charge is -2.44. The summed E-state index contributed by atoms with van der Waals surface area (Å²) in [6, 6.07) is 0. The summed E-state index contributed by atoms with van der Waals surface area (Å²) in [5, 5.41) is 19.8. The van der Waals surface area contributed by atoms with Crippen LogP contribution in [0.15, 0.2) is 0 Å². The van der Waals surface area contributed by atoms with Gasteiger partial charge < -0.3 is 10.2 Å². The molecule has 1 unspecified atom stereocenters. The van der Waals surface area contributed by atoms with Crippen LogP contribution in [0.25, 0.3) is 0 Å². The quantitative estimate of drug-likeness (QED) is 0.243. The van der Waals surface area contributed by atoms with Crippen molar-refractivity contribution in [2.75, 3.05) is 0 Å².